The highest BCUT2D eigenvalue weighted by Gasteiger charge is 2.39. The molecule has 1 aromatic heterocycles. The minimum absolute atomic E-state index is 0.0130. The maximum absolute atomic E-state index is 12.4. The van der Waals surface area contributed by atoms with Crippen molar-refractivity contribution in [2.45, 2.75) is 37.4 Å². The first kappa shape index (κ1) is 12.8. The second-order valence-corrected chi connectivity index (χ2v) is 6.92. The Kier molecular flexibility index (Phi) is 2.95. The molecule has 0 aliphatic carbocycles. The first-order valence-electron chi connectivity index (χ1n) is 7.23. The molecule has 2 N–H and O–H groups in total. The summed E-state index contributed by atoms with van der Waals surface area (Å²) in [5.74, 6) is -0.0130. The Morgan fingerprint density at radius 2 is 2.29 bits per heavy atom. The number of thiophene rings is 1. The smallest absolute Gasteiger partial charge is 0.251 e. The van der Waals surface area contributed by atoms with E-state index in [2.05, 4.69) is 16.7 Å². The van der Waals surface area contributed by atoms with Crippen LogP contribution in [0.15, 0.2) is 24.3 Å². The summed E-state index contributed by atoms with van der Waals surface area (Å²) < 4.78 is 1.05. The number of nitrogens with zero attached hydrogens (tertiary/aromatic N) is 1. The van der Waals surface area contributed by atoms with Crippen LogP contribution in [0.25, 0.3) is 10.1 Å². The first-order valence-corrected chi connectivity index (χ1v) is 8.05. The van der Waals surface area contributed by atoms with Crippen LogP contribution in [0.3, 0.4) is 0 Å². The van der Waals surface area contributed by atoms with Crippen molar-refractivity contribution in [1.82, 2.24) is 10.6 Å². The molecule has 1 amide bonds. The zero-order chi connectivity index (χ0) is 14.4. The largest absolute Gasteiger partial charge is 0.348 e. The van der Waals surface area contributed by atoms with Crippen LogP contribution in [0.4, 0.5) is 0 Å². The van der Waals surface area contributed by atoms with E-state index in [0.717, 1.165) is 22.9 Å². The van der Waals surface area contributed by atoms with Gasteiger partial charge in [-0.25, -0.2) is 0 Å². The number of nitrogens with one attached hydrogen (secondary N) is 2. The van der Waals surface area contributed by atoms with Crippen molar-refractivity contribution in [2.75, 3.05) is 0 Å². The minimum atomic E-state index is -0.0130. The van der Waals surface area contributed by atoms with E-state index in [1.165, 1.54) is 17.8 Å². The van der Waals surface area contributed by atoms with E-state index in [4.69, 9.17) is 5.26 Å². The third-order valence-corrected chi connectivity index (χ3v) is 5.53. The molecule has 4 nitrogen and oxygen atoms in total. The Labute approximate surface area is 126 Å². The molecule has 0 radical (unpaired) electrons. The molecule has 0 saturated carbocycles. The van der Waals surface area contributed by atoms with Gasteiger partial charge in [0, 0.05) is 28.4 Å². The SMILES string of the molecule is N#Cc1cc2cc(C(=O)N[C@@H]3C[C@H]4CC[C@@H]3N4)ccc2s1. The number of fused-ring (bicyclic) bond motifs is 3. The zero-order valence-corrected chi connectivity index (χ0v) is 12.2. The van der Waals surface area contributed by atoms with Crippen molar-refractivity contribution in [2.24, 2.45) is 0 Å². The van der Waals surface area contributed by atoms with Gasteiger partial charge in [-0.2, -0.15) is 5.26 Å². The fraction of sp³-hybridized carbons (Fsp3) is 0.375. The molecule has 3 heterocycles. The third kappa shape index (κ3) is 2.21. The average Bonchev–Trinajstić information content (AvgIpc) is 3.20. The van der Waals surface area contributed by atoms with E-state index >= 15 is 0 Å². The lowest BCUT2D eigenvalue weighted by atomic mass is 9.95. The van der Waals surface area contributed by atoms with Crippen LogP contribution in [-0.4, -0.2) is 24.0 Å². The summed E-state index contributed by atoms with van der Waals surface area (Å²) in [6, 6.07) is 10.9. The maximum atomic E-state index is 12.4. The summed E-state index contributed by atoms with van der Waals surface area (Å²) in [4.78, 5) is 13.1. The molecule has 2 saturated heterocycles. The number of hydrogen-bond acceptors (Lipinski definition) is 4. The van der Waals surface area contributed by atoms with Gasteiger partial charge in [0.25, 0.3) is 5.91 Å². The van der Waals surface area contributed by atoms with Gasteiger partial charge in [0.2, 0.25) is 0 Å². The summed E-state index contributed by atoms with van der Waals surface area (Å²) in [5, 5.41) is 16.6. The van der Waals surface area contributed by atoms with Crippen molar-refractivity contribution in [3.63, 3.8) is 0 Å². The Morgan fingerprint density at radius 3 is 3.00 bits per heavy atom. The average molecular weight is 297 g/mol. The van der Waals surface area contributed by atoms with Gasteiger partial charge in [0.15, 0.2) is 0 Å². The van der Waals surface area contributed by atoms with Crippen LogP contribution in [0.1, 0.15) is 34.5 Å². The second kappa shape index (κ2) is 4.83. The lowest BCUT2D eigenvalue weighted by Gasteiger charge is -2.21. The summed E-state index contributed by atoms with van der Waals surface area (Å²) in [6.07, 6.45) is 3.43. The van der Waals surface area contributed by atoms with Crippen LogP contribution in [0.5, 0.6) is 0 Å². The number of hydrogen-bond donors (Lipinski definition) is 2. The van der Waals surface area contributed by atoms with Crippen molar-refractivity contribution >= 4 is 27.3 Å². The quantitative estimate of drug-likeness (QED) is 0.894. The van der Waals surface area contributed by atoms with E-state index in [1.54, 1.807) is 0 Å². The standard InChI is InChI=1S/C16H15N3OS/c17-8-12-6-10-5-9(1-4-15(10)21-12)16(20)19-14-7-11-2-3-13(14)18-11/h1,4-6,11,13-14,18H,2-3,7H2,(H,19,20)/t11-,13+,14-/m1/s1. The lowest BCUT2D eigenvalue weighted by molar-refractivity contribution is 0.0931. The molecule has 1 aromatic carbocycles. The number of rotatable bonds is 2. The van der Waals surface area contributed by atoms with Gasteiger partial charge < -0.3 is 10.6 Å². The number of benzene rings is 1. The number of carbonyl (C=O) groups excluding carboxylic acids is 1. The molecule has 0 spiro atoms. The van der Waals surface area contributed by atoms with Crippen LogP contribution >= 0.6 is 11.3 Å². The van der Waals surface area contributed by atoms with E-state index in [1.807, 2.05) is 24.3 Å². The van der Waals surface area contributed by atoms with Gasteiger partial charge in [-0.3, -0.25) is 4.79 Å². The van der Waals surface area contributed by atoms with Crippen molar-refractivity contribution in [1.29, 1.82) is 5.26 Å². The molecular formula is C16H15N3OS. The predicted molar refractivity (Wildman–Crippen MR) is 82.4 cm³/mol. The van der Waals surface area contributed by atoms with Crippen LogP contribution in [0, 0.1) is 11.3 Å². The number of carbonyl (C=O) groups is 1. The van der Waals surface area contributed by atoms with E-state index in [0.29, 0.717) is 22.5 Å². The highest BCUT2D eigenvalue weighted by molar-refractivity contribution is 7.19. The molecule has 2 fully saturated rings. The van der Waals surface area contributed by atoms with Crippen molar-refractivity contribution in [3.8, 4) is 6.07 Å². The number of nitriles is 1. The normalized spacial score (nSPS) is 26.9. The van der Waals surface area contributed by atoms with E-state index < -0.39 is 0 Å². The van der Waals surface area contributed by atoms with E-state index in [-0.39, 0.29) is 11.9 Å². The molecule has 2 aliphatic rings. The topological polar surface area (TPSA) is 64.9 Å². The van der Waals surface area contributed by atoms with Crippen molar-refractivity contribution < 1.29 is 4.79 Å². The molecule has 21 heavy (non-hydrogen) atoms. The van der Waals surface area contributed by atoms with Crippen LogP contribution in [-0.2, 0) is 0 Å². The second-order valence-electron chi connectivity index (χ2n) is 5.84. The molecular weight excluding hydrogens is 282 g/mol. The molecule has 3 atom stereocenters. The molecule has 106 valence electrons. The van der Waals surface area contributed by atoms with Gasteiger partial charge in [-0.05, 0) is 48.9 Å². The van der Waals surface area contributed by atoms with Crippen LogP contribution in [0.2, 0.25) is 0 Å². The Hall–Kier alpha value is -1.90. The fourth-order valence-corrected chi connectivity index (χ4v) is 4.32. The molecule has 2 bridgehead atoms. The van der Waals surface area contributed by atoms with Gasteiger partial charge >= 0.3 is 0 Å². The molecule has 0 unspecified atom stereocenters. The summed E-state index contributed by atoms with van der Waals surface area (Å²) in [7, 11) is 0. The highest BCUT2D eigenvalue weighted by atomic mass is 32.1. The lowest BCUT2D eigenvalue weighted by Crippen LogP contribution is -2.42. The van der Waals surface area contributed by atoms with Gasteiger partial charge in [0.05, 0.1) is 0 Å². The fourth-order valence-electron chi connectivity index (χ4n) is 3.48. The van der Waals surface area contributed by atoms with Crippen LogP contribution < -0.4 is 10.6 Å². The molecule has 4 rings (SSSR count). The van der Waals surface area contributed by atoms with Crippen molar-refractivity contribution in [3.05, 3.63) is 34.7 Å². The first-order chi connectivity index (χ1) is 10.2. The summed E-state index contributed by atoms with van der Waals surface area (Å²) in [5.41, 5.74) is 0.674. The highest BCUT2D eigenvalue weighted by Crippen LogP contribution is 2.29. The summed E-state index contributed by atoms with van der Waals surface area (Å²) in [6.45, 7) is 0. The summed E-state index contributed by atoms with van der Waals surface area (Å²) >= 11 is 1.46. The number of amides is 1. The monoisotopic (exact) mass is 297 g/mol. The minimum Gasteiger partial charge on any atom is -0.348 e. The van der Waals surface area contributed by atoms with Gasteiger partial charge in [0.1, 0.15) is 10.9 Å². The van der Waals surface area contributed by atoms with E-state index in [9.17, 15) is 4.79 Å². The maximum Gasteiger partial charge on any atom is 0.251 e. The molecule has 2 aliphatic heterocycles. The molecule has 5 heteroatoms. The Bertz CT molecular complexity index is 760. The predicted octanol–water partition coefficient (Wildman–Crippen LogP) is 2.40. The van der Waals surface area contributed by atoms with Gasteiger partial charge in [-0.15, -0.1) is 11.3 Å². The van der Waals surface area contributed by atoms with Gasteiger partial charge in [-0.1, -0.05) is 0 Å². The Balaban J connectivity index is 1.55. The molecule has 2 aromatic rings. The Morgan fingerprint density at radius 1 is 1.38 bits per heavy atom. The zero-order valence-electron chi connectivity index (χ0n) is 11.4. The third-order valence-electron chi connectivity index (χ3n) is 4.51.